The second-order valence-corrected chi connectivity index (χ2v) is 3.34. The molecule has 0 aliphatic rings. The van der Waals surface area contributed by atoms with Gasteiger partial charge >= 0.3 is 5.97 Å². The average Bonchev–Trinajstić information content (AvgIpc) is 2.65. The predicted molar refractivity (Wildman–Crippen MR) is 46.2 cm³/mol. The van der Waals surface area contributed by atoms with E-state index < -0.39 is 18.2 Å². The standard InChI is InChI=1S/C8H12FN3O2/c1-8(2,7(13)14-3)12-5-6(4-9)10-11-12/h5H,4H2,1-3H3. The van der Waals surface area contributed by atoms with Crippen molar-refractivity contribution in [1.82, 2.24) is 15.0 Å². The number of aromatic nitrogens is 3. The number of esters is 1. The third kappa shape index (κ3) is 1.73. The Hall–Kier alpha value is -1.46. The van der Waals surface area contributed by atoms with Gasteiger partial charge in [-0.1, -0.05) is 5.21 Å². The van der Waals surface area contributed by atoms with E-state index in [1.807, 2.05) is 0 Å². The van der Waals surface area contributed by atoms with Crippen molar-refractivity contribution in [1.29, 1.82) is 0 Å². The Morgan fingerprint density at radius 1 is 1.71 bits per heavy atom. The molecule has 78 valence electrons. The van der Waals surface area contributed by atoms with Crippen molar-refractivity contribution < 1.29 is 13.9 Å². The summed E-state index contributed by atoms with van der Waals surface area (Å²) in [6.07, 6.45) is 1.39. The maximum atomic E-state index is 12.2. The van der Waals surface area contributed by atoms with Gasteiger partial charge in [-0.05, 0) is 13.8 Å². The number of hydrogen-bond donors (Lipinski definition) is 0. The van der Waals surface area contributed by atoms with E-state index in [1.54, 1.807) is 13.8 Å². The Morgan fingerprint density at radius 2 is 2.36 bits per heavy atom. The number of carbonyl (C=O) groups is 1. The minimum absolute atomic E-state index is 0.196. The van der Waals surface area contributed by atoms with Crippen molar-refractivity contribution >= 4 is 5.97 Å². The molecule has 1 aromatic rings. The molecule has 0 aromatic carbocycles. The van der Waals surface area contributed by atoms with Gasteiger partial charge in [0.2, 0.25) is 0 Å². The molecule has 0 bridgehead atoms. The lowest BCUT2D eigenvalue weighted by Gasteiger charge is -2.20. The van der Waals surface area contributed by atoms with Crippen molar-refractivity contribution in [3.05, 3.63) is 11.9 Å². The van der Waals surface area contributed by atoms with Crippen molar-refractivity contribution in [3.63, 3.8) is 0 Å². The second kappa shape index (κ2) is 3.73. The first-order chi connectivity index (χ1) is 6.52. The fourth-order valence-electron chi connectivity index (χ4n) is 0.976. The molecule has 1 rings (SSSR count). The number of rotatable bonds is 3. The van der Waals surface area contributed by atoms with Gasteiger partial charge in [0.05, 0.1) is 13.3 Å². The zero-order chi connectivity index (χ0) is 10.8. The van der Waals surface area contributed by atoms with Crippen LogP contribution in [0.25, 0.3) is 0 Å². The van der Waals surface area contributed by atoms with Crippen LogP contribution in [0.3, 0.4) is 0 Å². The molecular formula is C8H12FN3O2. The Bertz CT molecular complexity index is 335. The highest BCUT2D eigenvalue weighted by molar-refractivity contribution is 5.77. The molecule has 0 saturated carbocycles. The van der Waals surface area contributed by atoms with Gasteiger partial charge in [-0.15, -0.1) is 5.10 Å². The second-order valence-electron chi connectivity index (χ2n) is 3.34. The van der Waals surface area contributed by atoms with Crippen molar-refractivity contribution in [2.24, 2.45) is 0 Å². The Balaban J connectivity index is 2.97. The minimum Gasteiger partial charge on any atom is -0.467 e. The molecule has 0 saturated heterocycles. The minimum atomic E-state index is -0.963. The zero-order valence-corrected chi connectivity index (χ0v) is 8.32. The van der Waals surface area contributed by atoms with Crippen LogP contribution in [-0.4, -0.2) is 28.1 Å². The Labute approximate surface area is 80.9 Å². The topological polar surface area (TPSA) is 57.0 Å². The first kappa shape index (κ1) is 10.6. The fourth-order valence-corrected chi connectivity index (χ4v) is 0.976. The summed E-state index contributed by atoms with van der Waals surface area (Å²) in [7, 11) is 1.29. The molecule has 0 N–H and O–H groups in total. The van der Waals surface area contributed by atoms with Gasteiger partial charge in [0.15, 0.2) is 5.54 Å². The van der Waals surface area contributed by atoms with Gasteiger partial charge in [0, 0.05) is 0 Å². The number of halogens is 1. The smallest absolute Gasteiger partial charge is 0.333 e. The molecule has 0 radical (unpaired) electrons. The molecule has 0 aliphatic heterocycles. The van der Waals surface area contributed by atoms with E-state index >= 15 is 0 Å². The van der Waals surface area contributed by atoms with Gasteiger partial charge in [0.25, 0.3) is 0 Å². The van der Waals surface area contributed by atoms with Crippen LogP contribution in [0.2, 0.25) is 0 Å². The van der Waals surface area contributed by atoms with E-state index in [9.17, 15) is 9.18 Å². The summed E-state index contributed by atoms with van der Waals surface area (Å²) in [5.41, 5.74) is -0.767. The van der Waals surface area contributed by atoms with Crippen molar-refractivity contribution in [2.75, 3.05) is 7.11 Å². The molecule has 0 fully saturated rings. The lowest BCUT2D eigenvalue weighted by molar-refractivity contribution is -0.150. The highest BCUT2D eigenvalue weighted by atomic mass is 19.1. The van der Waals surface area contributed by atoms with E-state index in [4.69, 9.17) is 0 Å². The average molecular weight is 201 g/mol. The number of nitrogens with zero attached hydrogens (tertiary/aromatic N) is 3. The van der Waals surface area contributed by atoms with Crippen LogP contribution in [0, 0.1) is 0 Å². The highest BCUT2D eigenvalue weighted by Gasteiger charge is 2.32. The number of hydrogen-bond acceptors (Lipinski definition) is 4. The van der Waals surface area contributed by atoms with E-state index in [1.165, 1.54) is 18.0 Å². The molecular weight excluding hydrogens is 189 g/mol. The van der Waals surface area contributed by atoms with Crippen LogP contribution in [0.1, 0.15) is 19.5 Å². The molecule has 14 heavy (non-hydrogen) atoms. The predicted octanol–water partition coefficient (Wildman–Crippen LogP) is 0.656. The van der Waals surface area contributed by atoms with Gasteiger partial charge < -0.3 is 4.74 Å². The summed E-state index contributed by atoms with van der Waals surface area (Å²) >= 11 is 0. The molecule has 0 spiro atoms. The van der Waals surface area contributed by atoms with Crippen molar-refractivity contribution in [3.8, 4) is 0 Å². The normalized spacial score (nSPS) is 11.4. The third-order valence-corrected chi connectivity index (χ3v) is 1.94. The summed E-state index contributed by atoms with van der Waals surface area (Å²) in [5.74, 6) is -0.451. The number of methoxy groups -OCH3 is 1. The van der Waals surface area contributed by atoms with Crippen LogP contribution >= 0.6 is 0 Å². The number of carbonyl (C=O) groups excluding carboxylic acids is 1. The fraction of sp³-hybridized carbons (Fsp3) is 0.625. The molecule has 0 amide bonds. The SMILES string of the molecule is COC(=O)C(C)(C)n1cc(CF)nn1. The van der Waals surface area contributed by atoms with E-state index in [0.29, 0.717) is 0 Å². The maximum Gasteiger partial charge on any atom is 0.333 e. The van der Waals surface area contributed by atoms with Crippen LogP contribution < -0.4 is 0 Å². The summed E-state index contributed by atoms with van der Waals surface area (Å²) in [5, 5.41) is 7.20. The van der Waals surface area contributed by atoms with E-state index in [0.717, 1.165) is 0 Å². The molecule has 0 unspecified atom stereocenters. The van der Waals surface area contributed by atoms with Gasteiger partial charge in [-0.25, -0.2) is 13.9 Å². The first-order valence-corrected chi connectivity index (χ1v) is 4.08. The molecule has 5 nitrogen and oxygen atoms in total. The van der Waals surface area contributed by atoms with Gasteiger partial charge in [-0.2, -0.15) is 0 Å². The number of ether oxygens (including phenoxy) is 1. The third-order valence-electron chi connectivity index (χ3n) is 1.94. The molecule has 1 aromatic heterocycles. The Morgan fingerprint density at radius 3 is 2.79 bits per heavy atom. The molecule has 6 heteroatoms. The van der Waals surface area contributed by atoms with Crippen LogP contribution in [0.5, 0.6) is 0 Å². The summed E-state index contributed by atoms with van der Waals surface area (Å²) in [6, 6.07) is 0. The molecule has 1 heterocycles. The maximum absolute atomic E-state index is 12.2. The largest absolute Gasteiger partial charge is 0.467 e. The Kier molecular flexibility index (Phi) is 2.83. The van der Waals surface area contributed by atoms with E-state index in [2.05, 4.69) is 15.0 Å². The zero-order valence-electron chi connectivity index (χ0n) is 8.32. The summed E-state index contributed by atoms with van der Waals surface area (Å²) in [6.45, 7) is 2.54. The molecule has 0 atom stereocenters. The van der Waals surface area contributed by atoms with Crippen LogP contribution in [0.4, 0.5) is 4.39 Å². The first-order valence-electron chi connectivity index (χ1n) is 4.08. The summed E-state index contributed by atoms with van der Waals surface area (Å²) in [4.78, 5) is 11.3. The lowest BCUT2D eigenvalue weighted by atomic mass is 10.1. The molecule has 0 aliphatic carbocycles. The van der Waals surface area contributed by atoms with Crippen molar-refractivity contribution in [2.45, 2.75) is 26.1 Å². The summed E-state index contributed by atoms with van der Waals surface area (Å²) < 4.78 is 18.1. The van der Waals surface area contributed by atoms with Crippen LogP contribution in [-0.2, 0) is 21.7 Å². The highest BCUT2D eigenvalue weighted by Crippen LogP contribution is 2.15. The van der Waals surface area contributed by atoms with Gasteiger partial charge in [0.1, 0.15) is 12.4 Å². The monoisotopic (exact) mass is 201 g/mol. The number of alkyl halides is 1. The van der Waals surface area contributed by atoms with Crippen LogP contribution in [0.15, 0.2) is 6.20 Å². The van der Waals surface area contributed by atoms with E-state index in [-0.39, 0.29) is 5.69 Å². The lowest BCUT2D eigenvalue weighted by Crippen LogP contribution is -2.37. The quantitative estimate of drug-likeness (QED) is 0.674. The van der Waals surface area contributed by atoms with Gasteiger partial charge in [-0.3, -0.25) is 0 Å².